The lowest BCUT2D eigenvalue weighted by Gasteiger charge is -2.20. The van der Waals surface area contributed by atoms with Crippen LogP contribution in [0.4, 0.5) is 0 Å². The summed E-state index contributed by atoms with van der Waals surface area (Å²) in [5.41, 5.74) is 0. The molecule has 0 saturated heterocycles. The molecule has 0 spiro atoms. The van der Waals surface area contributed by atoms with Gasteiger partial charge in [-0.05, 0) is 37.5 Å². The van der Waals surface area contributed by atoms with Crippen LogP contribution in [0.15, 0.2) is 0 Å². The Bertz CT molecular complexity index is 131. The molecule has 0 N–H and O–H groups in total. The van der Waals surface area contributed by atoms with Crippen LogP contribution in [0, 0.1) is 11.8 Å². The van der Waals surface area contributed by atoms with Crippen molar-refractivity contribution in [3.05, 3.63) is 0 Å². The third-order valence-corrected chi connectivity index (χ3v) is 3.82. The van der Waals surface area contributed by atoms with Gasteiger partial charge in [-0.15, -0.1) is 0 Å². The molecule has 0 aliphatic heterocycles. The van der Waals surface area contributed by atoms with Gasteiger partial charge in [0.2, 0.25) is 0 Å². The van der Waals surface area contributed by atoms with Crippen molar-refractivity contribution in [1.82, 2.24) is 0 Å². The van der Waals surface area contributed by atoms with E-state index in [-0.39, 0.29) is 0 Å². The first kappa shape index (κ1) is 7.31. The van der Waals surface area contributed by atoms with Crippen molar-refractivity contribution in [2.75, 3.05) is 0 Å². The second-order valence-corrected chi connectivity index (χ2v) is 4.77. The minimum Gasteiger partial charge on any atom is -0.403 e. The Labute approximate surface area is 72.0 Å². The van der Waals surface area contributed by atoms with E-state index in [4.69, 9.17) is 4.43 Å². The minimum atomic E-state index is 0.514. The van der Waals surface area contributed by atoms with E-state index < -0.39 is 0 Å². The topological polar surface area (TPSA) is 9.23 Å². The fourth-order valence-corrected chi connectivity index (χ4v) is 3.51. The van der Waals surface area contributed by atoms with Crippen LogP contribution in [0.5, 0.6) is 0 Å². The maximum Gasteiger partial charge on any atom is 0.322 e. The Balaban J connectivity index is 1.90. The molecule has 10 heavy (non-hydrogen) atoms. The fraction of sp³-hybridized carbons (Fsp3) is 1.00. The first-order valence-electron chi connectivity index (χ1n) is 3.91. The Morgan fingerprint density at radius 2 is 2.20 bits per heavy atom. The number of hydrogen-bond donors (Lipinski definition) is 0. The standard InChI is InChI=1S/C7H11BrOSi/c8-10-9-7-4-5-1-2-6(7)3-5/h5-7H,1-4H2/t5-,6+,7-/m0/s1. The van der Waals surface area contributed by atoms with Crippen molar-refractivity contribution in [2.45, 2.75) is 31.8 Å². The average molecular weight is 219 g/mol. The van der Waals surface area contributed by atoms with Gasteiger partial charge in [-0.25, -0.2) is 0 Å². The second kappa shape index (κ2) is 2.95. The normalized spacial score (nSPS) is 44.7. The van der Waals surface area contributed by atoms with E-state index in [0.29, 0.717) is 14.5 Å². The lowest BCUT2D eigenvalue weighted by Crippen LogP contribution is -2.20. The number of rotatable bonds is 2. The summed E-state index contributed by atoms with van der Waals surface area (Å²) in [5, 5.41) is 0. The number of hydrogen-bond acceptors (Lipinski definition) is 1. The Morgan fingerprint density at radius 3 is 2.70 bits per heavy atom. The van der Waals surface area contributed by atoms with Gasteiger partial charge in [0.25, 0.3) is 0 Å². The van der Waals surface area contributed by atoms with Crippen molar-refractivity contribution < 1.29 is 4.43 Å². The molecular weight excluding hydrogens is 208 g/mol. The summed E-state index contributed by atoms with van der Waals surface area (Å²) < 4.78 is 5.58. The monoisotopic (exact) mass is 218 g/mol. The van der Waals surface area contributed by atoms with E-state index in [2.05, 4.69) is 15.3 Å². The van der Waals surface area contributed by atoms with Crippen molar-refractivity contribution in [3.63, 3.8) is 0 Å². The molecule has 2 bridgehead atoms. The molecule has 0 unspecified atom stereocenters. The van der Waals surface area contributed by atoms with Gasteiger partial charge >= 0.3 is 8.38 Å². The van der Waals surface area contributed by atoms with E-state index in [9.17, 15) is 0 Å². The first-order chi connectivity index (χ1) is 4.90. The van der Waals surface area contributed by atoms with Crippen LogP contribution in [0.25, 0.3) is 0 Å². The molecule has 3 heteroatoms. The fourth-order valence-electron chi connectivity index (χ4n) is 2.39. The molecule has 1 nitrogen and oxygen atoms in total. The van der Waals surface area contributed by atoms with E-state index >= 15 is 0 Å². The van der Waals surface area contributed by atoms with Crippen molar-refractivity contribution in [1.29, 1.82) is 0 Å². The van der Waals surface area contributed by atoms with Gasteiger partial charge in [0.15, 0.2) is 0 Å². The van der Waals surface area contributed by atoms with Crippen LogP contribution in [0.1, 0.15) is 25.7 Å². The molecule has 0 amide bonds. The second-order valence-electron chi connectivity index (χ2n) is 3.41. The molecule has 2 fully saturated rings. The highest BCUT2D eigenvalue weighted by atomic mass is 79.9. The predicted molar refractivity (Wildman–Crippen MR) is 45.0 cm³/mol. The lowest BCUT2D eigenvalue weighted by atomic mass is 9.98. The summed E-state index contributed by atoms with van der Waals surface area (Å²) in [6.07, 6.45) is 6.28. The summed E-state index contributed by atoms with van der Waals surface area (Å²) in [5.74, 6) is 1.92. The van der Waals surface area contributed by atoms with Gasteiger partial charge in [0.05, 0.1) is 0 Å². The van der Waals surface area contributed by atoms with Gasteiger partial charge in [0, 0.05) is 6.10 Å². The molecule has 2 rings (SSSR count). The van der Waals surface area contributed by atoms with Crippen molar-refractivity contribution >= 4 is 23.7 Å². The zero-order valence-electron chi connectivity index (χ0n) is 5.85. The molecule has 2 saturated carbocycles. The van der Waals surface area contributed by atoms with Crippen LogP contribution in [0.2, 0.25) is 0 Å². The first-order valence-corrected chi connectivity index (χ1v) is 7.08. The number of halogens is 1. The van der Waals surface area contributed by atoms with Crippen LogP contribution in [-0.4, -0.2) is 14.5 Å². The Kier molecular flexibility index (Phi) is 2.16. The average Bonchev–Trinajstić information content (AvgIpc) is 2.48. The molecule has 2 aliphatic rings. The third-order valence-electron chi connectivity index (χ3n) is 2.87. The van der Waals surface area contributed by atoms with Gasteiger partial charge < -0.3 is 4.43 Å². The van der Waals surface area contributed by atoms with E-state index in [1.165, 1.54) is 25.7 Å². The summed E-state index contributed by atoms with van der Waals surface area (Å²) in [7, 11) is 0.514. The molecule has 2 radical (unpaired) electrons. The molecule has 0 heterocycles. The highest BCUT2D eigenvalue weighted by Crippen LogP contribution is 2.45. The van der Waals surface area contributed by atoms with Gasteiger partial charge in [-0.3, -0.25) is 0 Å². The van der Waals surface area contributed by atoms with Gasteiger partial charge in [-0.2, -0.15) is 0 Å². The predicted octanol–water partition coefficient (Wildman–Crippen LogP) is 2.12. The zero-order valence-corrected chi connectivity index (χ0v) is 8.43. The van der Waals surface area contributed by atoms with Crippen LogP contribution in [-0.2, 0) is 4.43 Å². The molecule has 0 aromatic heterocycles. The maximum absolute atomic E-state index is 5.58. The highest BCUT2D eigenvalue weighted by molar-refractivity contribution is 9.23. The van der Waals surface area contributed by atoms with E-state index in [1.807, 2.05) is 0 Å². The zero-order chi connectivity index (χ0) is 6.97. The minimum absolute atomic E-state index is 0.514. The SMILES string of the molecule is Br[Si]O[C@H]1C[C@H]2CC[C@@H]1C2. The van der Waals surface area contributed by atoms with Gasteiger partial charge in [-0.1, -0.05) is 15.3 Å². The Morgan fingerprint density at radius 1 is 1.30 bits per heavy atom. The third kappa shape index (κ3) is 1.19. The largest absolute Gasteiger partial charge is 0.403 e. The highest BCUT2D eigenvalue weighted by Gasteiger charge is 2.39. The summed E-state index contributed by atoms with van der Waals surface area (Å²) in [4.78, 5) is 0. The summed E-state index contributed by atoms with van der Waals surface area (Å²) in [6.45, 7) is 0. The maximum atomic E-state index is 5.58. The summed E-state index contributed by atoms with van der Waals surface area (Å²) in [6, 6.07) is 0. The van der Waals surface area contributed by atoms with Crippen LogP contribution in [0.3, 0.4) is 0 Å². The van der Waals surface area contributed by atoms with E-state index in [0.717, 1.165) is 11.8 Å². The Hall–Kier alpha value is 0.657. The van der Waals surface area contributed by atoms with Crippen molar-refractivity contribution in [2.24, 2.45) is 11.8 Å². The molecule has 3 atom stereocenters. The quantitative estimate of drug-likeness (QED) is 0.510. The van der Waals surface area contributed by atoms with Gasteiger partial charge in [0.1, 0.15) is 0 Å². The molecule has 0 aromatic rings. The smallest absolute Gasteiger partial charge is 0.322 e. The van der Waals surface area contributed by atoms with Crippen LogP contribution >= 0.6 is 15.3 Å². The number of fused-ring (bicyclic) bond motifs is 2. The molecule has 0 aromatic carbocycles. The van der Waals surface area contributed by atoms with Crippen LogP contribution < -0.4 is 0 Å². The van der Waals surface area contributed by atoms with E-state index in [1.54, 1.807) is 0 Å². The molecular formula is C7H11BrOSi. The lowest BCUT2D eigenvalue weighted by molar-refractivity contribution is 0.150. The molecule has 2 aliphatic carbocycles. The summed E-state index contributed by atoms with van der Waals surface area (Å²) >= 11 is 3.34. The molecule has 56 valence electrons. The van der Waals surface area contributed by atoms with Crippen molar-refractivity contribution in [3.8, 4) is 0 Å².